The molecule has 0 bridgehead atoms. The van der Waals surface area contributed by atoms with Crippen LogP contribution in [0.5, 0.6) is 11.6 Å². The molecule has 0 aliphatic heterocycles. The van der Waals surface area contributed by atoms with Crippen LogP contribution in [0, 0.1) is 12.8 Å². The van der Waals surface area contributed by atoms with Gasteiger partial charge in [0.05, 0.1) is 0 Å². The monoisotopic (exact) mass is 377 g/mol. The summed E-state index contributed by atoms with van der Waals surface area (Å²) in [5.74, 6) is 2.65. The van der Waals surface area contributed by atoms with Crippen molar-refractivity contribution >= 4 is 11.6 Å². The highest BCUT2D eigenvalue weighted by atomic mass is 16.5. The lowest BCUT2D eigenvalue weighted by Gasteiger charge is -2.20. The molecule has 2 heterocycles. The normalized spacial score (nSPS) is 14.6. The van der Waals surface area contributed by atoms with Gasteiger partial charge in [-0.1, -0.05) is 19.3 Å². The summed E-state index contributed by atoms with van der Waals surface area (Å²) in [6.07, 6.45) is 10.7. The van der Waals surface area contributed by atoms with Crippen molar-refractivity contribution in [2.75, 3.05) is 5.32 Å². The number of aryl methyl sites for hydroxylation is 1. The van der Waals surface area contributed by atoms with Crippen LogP contribution in [0.2, 0.25) is 0 Å². The smallest absolute Gasteiger partial charge is 0.227 e. The second kappa shape index (κ2) is 8.21. The maximum Gasteiger partial charge on any atom is 0.227 e. The molecule has 1 aliphatic carbocycles. The van der Waals surface area contributed by atoms with E-state index >= 15 is 0 Å². The fourth-order valence-corrected chi connectivity index (χ4v) is 3.44. The van der Waals surface area contributed by atoms with Crippen molar-refractivity contribution in [1.29, 1.82) is 0 Å². The average molecular weight is 377 g/mol. The molecule has 1 fully saturated rings. The highest BCUT2D eigenvalue weighted by Crippen LogP contribution is 2.26. The number of nitrogens with one attached hydrogen (secondary N) is 1. The first-order valence-corrected chi connectivity index (χ1v) is 9.60. The quantitative estimate of drug-likeness (QED) is 0.717. The number of carbonyl (C=O) groups is 1. The van der Waals surface area contributed by atoms with Crippen molar-refractivity contribution in [1.82, 2.24) is 19.5 Å². The SMILES string of the molecule is Cc1nc(Oc2ccc(NC(=O)C3CCCCC3)cc2)cc(-n2ccnc2)n1. The van der Waals surface area contributed by atoms with E-state index in [0.29, 0.717) is 23.3 Å². The summed E-state index contributed by atoms with van der Waals surface area (Å²) in [5.41, 5.74) is 0.779. The van der Waals surface area contributed by atoms with Crippen LogP contribution in [0.1, 0.15) is 37.9 Å². The molecule has 28 heavy (non-hydrogen) atoms. The molecule has 7 heteroatoms. The Morgan fingerprint density at radius 1 is 1.14 bits per heavy atom. The molecule has 0 saturated heterocycles. The number of hydrogen-bond acceptors (Lipinski definition) is 5. The van der Waals surface area contributed by atoms with Crippen LogP contribution < -0.4 is 10.1 Å². The molecule has 4 rings (SSSR count). The Balaban J connectivity index is 1.42. The van der Waals surface area contributed by atoms with E-state index in [1.807, 2.05) is 37.4 Å². The summed E-state index contributed by atoms with van der Waals surface area (Å²) < 4.78 is 7.67. The van der Waals surface area contributed by atoms with Gasteiger partial charge in [0.2, 0.25) is 11.8 Å². The molecule has 3 aromatic rings. The van der Waals surface area contributed by atoms with Crippen LogP contribution in [0.25, 0.3) is 5.82 Å². The highest BCUT2D eigenvalue weighted by Gasteiger charge is 2.21. The predicted molar refractivity (Wildman–Crippen MR) is 106 cm³/mol. The van der Waals surface area contributed by atoms with Crippen molar-refractivity contribution in [3.8, 4) is 17.4 Å². The number of rotatable bonds is 5. The minimum Gasteiger partial charge on any atom is -0.439 e. The average Bonchev–Trinajstić information content (AvgIpc) is 3.25. The van der Waals surface area contributed by atoms with Gasteiger partial charge in [-0.3, -0.25) is 9.36 Å². The zero-order valence-corrected chi connectivity index (χ0v) is 15.8. The minimum absolute atomic E-state index is 0.116. The predicted octanol–water partition coefficient (Wildman–Crippen LogP) is 4.28. The van der Waals surface area contributed by atoms with Gasteiger partial charge in [-0.25, -0.2) is 9.97 Å². The van der Waals surface area contributed by atoms with Gasteiger partial charge in [0.15, 0.2) is 0 Å². The molecule has 1 N–H and O–H groups in total. The Morgan fingerprint density at radius 2 is 1.93 bits per heavy atom. The van der Waals surface area contributed by atoms with Crippen LogP contribution in [-0.2, 0) is 4.79 Å². The summed E-state index contributed by atoms with van der Waals surface area (Å²) in [6, 6.07) is 9.10. The van der Waals surface area contributed by atoms with E-state index < -0.39 is 0 Å². The van der Waals surface area contributed by atoms with Crippen LogP contribution in [-0.4, -0.2) is 25.4 Å². The van der Waals surface area contributed by atoms with Gasteiger partial charge < -0.3 is 10.1 Å². The molecule has 0 spiro atoms. The molecule has 0 radical (unpaired) electrons. The molecule has 7 nitrogen and oxygen atoms in total. The number of nitrogens with zero attached hydrogens (tertiary/aromatic N) is 4. The van der Waals surface area contributed by atoms with Gasteiger partial charge in [-0.2, -0.15) is 4.98 Å². The lowest BCUT2D eigenvalue weighted by atomic mass is 9.88. The van der Waals surface area contributed by atoms with Gasteiger partial charge in [0.25, 0.3) is 0 Å². The summed E-state index contributed by atoms with van der Waals surface area (Å²) >= 11 is 0. The zero-order chi connectivity index (χ0) is 19.3. The fraction of sp³-hybridized carbons (Fsp3) is 0.333. The van der Waals surface area contributed by atoms with E-state index in [0.717, 1.165) is 31.4 Å². The van der Waals surface area contributed by atoms with Crippen molar-refractivity contribution in [3.05, 3.63) is 54.9 Å². The minimum atomic E-state index is 0.116. The van der Waals surface area contributed by atoms with Gasteiger partial charge in [-0.15, -0.1) is 0 Å². The standard InChI is InChI=1S/C21H23N5O2/c1-15-23-19(26-12-11-22-14-26)13-20(24-15)28-18-9-7-17(8-10-18)25-21(27)16-5-3-2-4-6-16/h7-14,16H,2-6H2,1H3,(H,25,27). The molecule has 1 amide bonds. The molecule has 2 aromatic heterocycles. The lowest BCUT2D eigenvalue weighted by Crippen LogP contribution is -2.24. The molecule has 1 saturated carbocycles. The van der Waals surface area contributed by atoms with Gasteiger partial charge >= 0.3 is 0 Å². The summed E-state index contributed by atoms with van der Waals surface area (Å²) in [6.45, 7) is 1.82. The van der Waals surface area contributed by atoms with Crippen LogP contribution in [0.15, 0.2) is 49.1 Å². The second-order valence-electron chi connectivity index (χ2n) is 7.03. The van der Waals surface area contributed by atoms with Gasteiger partial charge in [0.1, 0.15) is 23.7 Å². The van der Waals surface area contributed by atoms with Gasteiger partial charge in [-0.05, 0) is 44.0 Å². The van der Waals surface area contributed by atoms with Crippen molar-refractivity contribution < 1.29 is 9.53 Å². The zero-order valence-electron chi connectivity index (χ0n) is 15.8. The second-order valence-corrected chi connectivity index (χ2v) is 7.03. The summed E-state index contributed by atoms with van der Waals surface area (Å²) in [4.78, 5) is 25.1. The number of anilines is 1. The molecular weight excluding hydrogens is 354 g/mol. The maximum absolute atomic E-state index is 12.4. The third-order valence-electron chi connectivity index (χ3n) is 4.89. The Kier molecular flexibility index (Phi) is 5.32. The van der Waals surface area contributed by atoms with E-state index in [1.54, 1.807) is 23.2 Å². The Hall–Kier alpha value is -3.22. The van der Waals surface area contributed by atoms with Crippen LogP contribution >= 0.6 is 0 Å². The topological polar surface area (TPSA) is 81.9 Å². The Morgan fingerprint density at radius 3 is 2.64 bits per heavy atom. The summed E-state index contributed by atoms with van der Waals surface area (Å²) in [7, 11) is 0. The molecule has 1 aromatic carbocycles. The van der Waals surface area contributed by atoms with Crippen molar-refractivity contribution in [3.63, 3.8) is 0 Å². The summed E-state index contributed by atoms with van der Waals surface area (Å²) in [5, 5.41) is 3.01. The molecule has 0 atom stereocenters. The third-order valence-corrected chi connectivity index (χ3v) is 4.89. The maximum atomic E-state index is 12.4. The van der Waals surface area contributed by atoms with Crippen LogP contribution in [0.3, 0.4) is 0 Å². The Bertz CT molecular complexity index is 932. The first kappa shape index (κ1) is 18.2. The molecule has 0 unspecified atom stereocenters. The van der Waals surface area contributed by atoms with Crippen molar-refractivity contribution in [2.24, 2.45) is 5.92 Å². The number of ether oxygens (including phenoxy) is 1. The molecule has 144 valence electrons. The molecule has 1 aliphatic rings. The number of imidazole rings is 1. The van der Waals surface area contributed by atoms with Gasteiger partial charge in [0, 0.05) is 30.1 Å². The van der Waals surface area contributed by atoms with E-state index in [4.69, 9.17) is 4.74 Å². The Labute approximate surface area is 163 Å². The number of amides is 1. The van der Waals surface area contributed by atoms with Crippen LogP contribution in [0.4, 0.5) is 5.69 Å². The number of benzene rings is 1. The van der Waals surface area contributed by atoms with E-state index in [-0.39, 0.29) is 11.8 Å². The van der Waals surface area contributed by atoms with Crippen molar-refractivity contribution in [2.45, 2.75) is 39.0 Å². The molecular formula is C21H23N5O2. The van der Waals surface area contributed by atoms with E-state index in [2.05, 4.69) is 20.3 Å². The van der Waals surface area contributed by atoms with E-state index in [1.165, 1.54) is 6.42 Å². The number of hydrogen-bond donors (Lipinski definition) is 1. The fourth-order valence-electron chi connectivity index (χ4n) is 3.44. The lowest BCUT2D eigenvalue weighted by molar-refractivity contribution is -0.120. The number of carbonyl (C=O) groups excluding carboxylic acids is 1. The number of aromatic nitrogens is 4. The van der Waals surface area contributed by atoms with E-state index in [9.17, 15) is 4.79 Å². The third kappa shape index (κ3) is 4.36. The largest absolute Gasteiger partial charge is 0.439 e. The first-order valence-electron chi connectivity index (χ1n) is 9.60. The highest BCUT2D eigenvalue weighted by molar-refractivity contribution is 5.92. The first-order chi connectivity index (χ1) is 13.7.